The zero-order valence-electron chi connectivity index (χ0n) is 42.5. The number of amides is 1. The van der Waals surface area contributed by atoms with Gasteiger partial charge in [0.25, 0.3) is 10.9 Å². The first-order valence-electron chi connectivity index (χ1n) is 24.2. The van der Waals surface area contributed by atoms with Crippen LogP contribution in [0.15, 0.2) is 69.1 Å². The maximum absolute atomic E-state index is 13.9. The van der Waals surface area contributed by atoms with Gasteiger partial charge in [-0.15, -0.1) is 0 Å². The van der Waals surface area contributed by atoms with Gasteiger partial charge in [-0.1, -0.05) is 45.6 Å². The summed E-state index contributed by atoms with van der Waals surface area (Å²) in [6.45, 7) is 22.8. The van der Waals surface area contributed by atoms with Gasteiger partial charge in [0.1, 0.15) is 22.7 Å². The van der Waals surface area contributed by atoms with Crippen LogP contribution in [-0.2, 0) is 33.3 Å². The molecule has 1 fully saturated rings. The molecule has 0 saturated carbocycles. The molecule has 4 heterocycles. The second-order valence-corrected chi connectivity index (χ2v) is 25.3. The van der Waals surface area contributed by atoms with E-state index in [1.54, 1.807) is 35.0 Å². The summed E-state index contributed by atoms with van der Waals surface area (Å²) in [6, 6.07) is 13.9. The molecule has 0 unspecified atom stereocenters. The van der Waals surface area contributed by atoms with Crippen molar-refractivity contribution in [2.24, 2.45) is 0 Å². The number of ether oxygens (including phenoxy) is 2. The molecule has 0 radical (unpaired) electrons. The molecule has 1 atom stereocenters. The number of fused-ring (bicyclic) bond motifs is 2. The molecule has 16 nitrogen and oxygen atoms in total. The van der Waals surface area contributed by atoms with E-state index >= 15 is 0 Å². The van der Waals surface area contributed by atoms with Crippen molar-refractivity contribution < 1.29 is 23.8 Å². The number of aromatic hydroxyl groups is 1. The Kier molecular flexibility index (Phi) is 15.3. The van der Waals surface area contributed by atoms with Gasteiger partial charge in [0, 0.05) is 75.1 Å². The predicted molar refractivity (Wildman–Crippen MR) is 280 cm³/mol. The molecule has 0 aliphatic carbocycles. The lowest BCUT2D eigenvalue weighted by Gasteiger charge is -2.40. The van der Waals surface area contributed by atoms with Crippen molar-refractivity contribution in [3.8, 4) is 17.6 Å². The lowest BCUT2D eigenvalue weighted by Crippen LogP contribution is -2.49. The van der Waals surface area contributed by atoms with Gasteiger partial charge in [0.05, 0.1) is 40.3 Å². The number of anilines is 5. The van der Waals surface area contributed by atoms with Crippen molar-refractivity contribution in [3.05, 3.63) is 102 Å². The number of nitrogens with zero attached hydrogens (tertiary/aromatic N) is 5. The molecule has 3 aromatic carbocycles. The molecule has 4 N–H and O–H groups in total. The molecule has 1 aliphatic rings. The zero-order chi connectivity index (χ0) is 50.7. The van der Waals surface area contributed by atoms with E-state index in [1.807, 2.05) is 69.8 Å². The normalized spacial score (nSPS) is 14.1. The van der Waals surface area contributed by atoms with Gasteiger partial charge in [-0.05, 0) is 113 Å². The maximum atomic E-state index is 13.9. The van der Waals surface area contributed by atoms with Crippen LogP contribution in [0.2, 0.25) is 18.1 Å². The Bertz CT molecular complexity index is 3050. The van der Waals surface area contributed by atoms with E-state index in [-0.39, 0.29) is 46.9 Å². The summed E-state index contributed by atoms with van der Waals surface area (Å²) in [4.78, 5) is 63.9. The van der Waals surface area contributed by atoms with Crippen LogP contribution in [0.5, 0.6) is 5.75 Å². The fourth-order valence-corrected chi connectivity index (χ4v) is 9.81. The minimum absolute atomic E-state index is 0.0324. The molecule has 7 rings (SSSR count). The Morgan fingerprint density at radius 2 is 1.69 bits per heavy atom. The van der Waals surface area contributed by atoms with E-state index in [2.05, 4.69) is 66.4 Å². The summed E-state index contributed by atoms with van der Waals surface area (Å²) in [6.07, 6.45) is 3.84. The predicted octanol–water partition coefficient (Wildman–Crippen LogP) is 8.87. The van der Waals surface area contributed by atoms with Gasteiger partial charge in [-0.2, -0.15) is 5.10 Å². The number of aryl methyl sites for hydroxylation is 2. The number of nitrogens with one attached hydrogen (secondary N) is 3. The molecule has 6 aromatic rings. The second-order valence-electron chi connectivity index (χ2n) is 20.5. The number of rotatable bonds is 16. The van der Waals surface area contributed by atoms with Gasteiger partial charge in [-0.3, -0.25) is 14.4 Å². The van der Waals surface area contributed by atoms with Crippen molar-refractivity contribution in [2.75, 3.05) is 48.9 Å². The van der Waals surface area contributed by atoms with E-state index in [1.165, 1.54) is 6.07 Å². The summed E-state index contributed by atoms with van der Waals surface area (Å²) in [7, 11) is -0.568. The summed E-state index contributed by atoms with van der Waals surface area (Å²) in [5.74, 6) is 6.57. The Balaban J connectivity index is 1.12. The highest BCUT2D eigenvalue weighted by atomic mass is 28.4. The molecule has 0 spiro atoms. The van der Waals surface area contributed by atoms with Crippen LogP contribution in [-0.4, -0.2) is 95.3 Å². The molecule has 70 heavy (non-hydrogen) atoms. The van der Waals surface area contributed by atoms with E-state index in [9.17, 15) is 24.3 Å². The fraction of sp³-hybridized carbons (Fsp3) is 0.472. The largest absolute Gasteiger partial charge is 0.506 e. The number of carbonyl (C=O) groups excluding carboxylic acids is 1. The molecule has 3 aromatic heterocycles. The molecular formula is C53H68N8O8Si. The number of carbonyl (C=O) groups is 1. The van der Waals surface area contributed by atoms with Crippen LogP contribution in [0.4, 0.5) is 33.2 Å². The zero-order valence-corrected chi connectivity index (χ0v) is 43.5. The van der Waals surface area contributed by atoms with Crippen LogP contribution < -0.4 is 32.0 Å². The first kappa shape index (κ1) is 51.4. The van der Waals surface area contributed by atoms with E-state index in [4.69, 9.17) is 18.9 Å². The van der Waals surface area contributed by atoms with Crippen LogP contribution in [0.25, 0.3) is 21.9 Å². The SMILES string of the molecule is CCc1nc2c(cnn2CC)c(NC2CCOCC2)c1N(C)c1c(Nc2ccc(C#CC[C@H](CN(CCc3ccc(O)c4[nH]c(=O)ccc34)C(=O)OC(C)(C)C)O[Si](C)(C)C(C)(C)C)cc2)c(=O)c1=O. The monoisotopic (exact) mass is 972 g/mol. The highest BCUT2D eigenvalue weighted by Gasteiger charge is 2.40. The first-order chi connectivity index (χ1) is 33.1. The molecule has 1 aliphatic heterocycles. The van der Waals surface area contributed by atoms with Crippen molar-refractivity contribution in [1.29, 1.82) is 0 Å². The van der Waals surface area contributed by atoms with Gasteiger partial charge in [0.15, 0.2) is 14.0 Å². The molecule has 372 valence electrons. The molecule has 0 bridgehead atoms. The van der Waals surface area contributed by atoms with E-state index in [0.29, 0.717) is 55.6 Å². The number of phenols is 1. The number of phenolic OH excluding ortho intramolecular Hbond substituents is 1. The molecule has 1 saturated heterocycles. The quantitative estimate of drug-likeness (QED) is 0.0409. The third-order valence-electron chi connectivity index (χ3n) is 13.3. The average Bonchev–Trinajstić information content (AvgIpc) is 3.73. The first-order valence-corrected chi connectivity index (χ1v) is 27.1. The standard InChI is InChI=1S/C53H68N8O8Si/c1-12-40-46(44(55-36-26-29-67-30-27-36)39-31-54-61(13-2)50(39)57-40)59(9)47-45(48(64)49(47)65)56-35-20-17-33(18-21-35)15-14-16-37(69-70(10,11)53(6,7)8)32-60(51(66)68-52(3,4)5)28-25-34-19-23-41(62)43-38(34)22-24-42(63)58-43/h17-24,31,36-37,56,62H,12-13,16,25-30,32H2,1-11H3,(H,55,57)(H,58,63)/t37-/m1/s1. The lowest BCUT2D eigenvalue weighted by molar-refractivity contribution is 0.0164. The minimum Gasteiger partial charge on any atom is -0.506 e. The Morgan fingerprint density at radius 3 is 2.34 bits per heavy atom. The Morgan fingerprint density at radius 1 is 0.971 bits per heavy atom. The number of benzene rings is 2. The summed E-state index contributed by atoms with van der Waals surface area (Å²) in [5.41, 5.74) is 3.82. The van der Waals surface area contributed by atoms with Crippen LogP contribution >= 0.6 is 0 Å². The summed E-state index contributed by atoms with van der Waals surface area (Å²) < 4.78 is 20.4. The fourth-order valence-electron chi connectivity index (χ4n) is 8.47. The highest BCUT2D eigenvalue weighted by Crippen LogP contribution is 2.42. The third-order valence-corrected chi connectivity index (χ3v) is 17.8. The maximum Gasteiger partial charge on any atom is 0.410 e. The summed E-state index contributed by atoms with van der Waals surface area (Å²) in [5, 5.41) is 23.5. The van der Waals surface area contributed by atoms with Crippen molar-refractivity contribution in [3.63, 3.8) is 0 Å². The third kappa shape index (κ3) is 11.4. The second kappa shape index (κ2) is 20.9. The lowest BCUT2D eigenvalue weighted by atomic mass is 10.0. The van der Waals surface area contributed by atoms with Crippen molar-refractivity contribution >= 4 is 64.8 Å². The van der Waals surface area contributed by atoms with Crippen LogP contribution in [0, 0.1) is 11.8 Å². The van der Waals surface area contributed by atoms with Crippen LogP contribution in [0.3, 0.4) is 0 Å². The number of hydrogen-bond donors (Lipinski definition) is 4. The number of pyridine rings is 2. The smallest absolute Gasteiger partial charge is 0.410 e. The average molecular weight is 973 g/mol. The summed E-state index contributed by atoms with van der Waals surface area (Å²) >= 11 is 0. The van der Waals surface area contributed by atoms with E-state index < -0.39 is 37.0 Å². The Labute approximate surface area is 410 Å². The van der Waals surface area contributed by atoms with Crippen molar-refractivity contribution in [1.82, 2.24) is 24.6 Å². The van der Waals surface area contributed by atoms with Crippen molar-refractivity contribution in [2.45, 2.75) is 130 Å². The molecule has 17 heteroatoms. The number of aromatic amines is 1. The van der Waals surface area contributed by atoms with Gasteiger partial charge < -0.3 is 44.4 Å². The Hall–Kier alpha value is -6.48. The van der Waals surface area contributed by atoms with Crippen LogP contribution in [0.1, 0.15) is 91.5 Å². The number of H-pyrrole nitrogens is 1. The molecular weight excluding hydrogens is 905 g/mol. The topological polar surface area (TPSA) is 193 Å². The van der Waals surface area contributed by atoms with Gasteiger partial charge in [0.2, 0.25) is 5.56 Å². The van der Waals surface area contributed by atoms with Gasteiger partial charge >= 0.3 is 6.09 Å². The number of aromatic nitrogens is 4. The minimum atomic E-state index is -2.37. The highest BCUT2D eigenvalue weighted by molar-refractivity contribution is 6.74. The number of hydrogen-bond acceptors (Lipinski definition) is 13. The van der Waals surface area contributed by atoms with Gasteiger partial charge in [-0.25, -0.2) is 14.5 Å². The molecule has 1 amide bonds. The van der Waals surface area contributed by atoms with E-state index in [0.717, 1.165) is 52.1 Å².